The molecular weight excluding hydrogens is 420 g/mol. The van der Waals surface area contributed by atoms with Crippen molar-refractivity contribution in [2.24, 2.45) is 7.05 Å². The smallest absolute Gasteiger partial charge is 0.295 e. The van der Waals surface area contributed by atoms with Gasteiger partial charge in [0.05, 0.1) is 22.5 Å². The van der Waals surface area contributed by atoms with Crippen molar-refractivity contribution >= 4 is 23.4 Å². The van der Waals surface area contributed by atoms with E-state index in [2.05, 4.69) is 5.32 Å². The predicted molar refractivity (Wildman–Crippen MR) is 125 cm³/mol. The average Bonchev–Trinajstić information content (AvgIpc) is 3.20. The monoisotopic (exact) mass is 446 g/mol. The number of nitrogens with one attached hydrogen (secondary N) is 1. The van der Waals surface area contributed by atoms with Crippen molar-refractivity contribution in [3.8, 4) is 5.69 Å². The van der Waals surface area contributed by atoms with E-state index in [1.54, 1.807) is 55.1 Å². The van der Waals surface area contributed by atoms with Crippen molar-refractivity contribution < 1.29 is 14.4 Å². The molecule has 1 aliphatic rings. The van der Waals surface area contributed by atoms with Crippen LogP contribution in [0.4, 0.5) is 5.69 Å². The fourth-order valence-corrected chi connectivity index (χ4v) is 4.18. The maximum atomic E-state index is 13.4. The van der Waals surface area contributed by atoms with Gasteiger partial charge in [0.1, 0.15) is 11.7 Å². The number of anilines is 1. The number of benzene rings is 2. The van der Waals surface area contributed by atoms with Gasteiger partial charge in [0.25, 0.3) is 17.4 Å². The molecule has 3 aromatic rings. The molecule has 33 heavy (non-hydrogen) atoms. The minimum Gasteiger partial charge on any atom is -0.318 e. The van der Waals surface area contributed by atoms with Gasteiger partial charge in [-0.05, 0) is 37.6 Å². The fourth-order valence-electron chi connectivity index (χ4n) is 4.18. The molecule has 0 fully saturated rings. The Balaban J connectivity index is 1.68. The maximum absolute atomic E-state index is 13.4. The zero-order valence-corrected chi connectivity index (χ0v) is 18.9. The van der Waals surface area contributed by atoms with Gasteiger partial charge in [-0.3, -0.25) is 28.8 Å². The third kappa shape index (κ3) is 3.77. The number of carbonyl (C=O) groups excluding carboxylic acids is 3. The SMILES string of the molecule is CCCCC(C(=O)Nc1c(C)n(C)n(-c2ccccc2)c1=O)N1C(=O)c2ccccc2C1=O. The summed E-state index contributed by atoms with van der Waals surface area (Å²) in [6.07, 6.45) is 1.75. The largest absolute Gasteiger partial charge is 0.318 e. The lowest BCUT2D eigenvalue weighted by molar-refractivity contribution is -0.120. The number of nitrogens with zero attached hydrogens (tertiary/aromatic N) is 3. The summed E-state index contributed by atoms with van der Waals surface area (Å²) < 4.78 is 3.13. The lowest BCUT2D eigenvalue weighted by Gasteiger charge is -2.25. The van der Waals surface area contributed by atoms with Gasteiger partial charge in [-0.25, -0.2) is 4.68 Å². The van der Waals surface area contributed by atoms with E-state index in [9.17, 15) is 19.2 Å². The van der Waals surface area contributed by atoms with Crippen LogP contribution in [0.5, 0.6) is 0 Å². The summed E-state index contributed by atoms with van der Waals surface area (Å²) in [5, 5.41) is 2.72. The Labute approximate surface area is 191 Å². The lowest BCUT2D eigenvalue weighted by Crippen LogP contribution is -2.47. The minimum atomic E-state index is -1.01. The lowest BCUT2D eigenvalue weighted by atomic mass is 10.1. The van der Waals surface area contributed by atoms with Crippen molar-refractivity contribution in [1.29, 1.82) is 0 Å². The van der Waals surface area contributed by atoms with Crippen LogP contribution in [0.25, 0.3) is 5.69 Å². The molecule has 1 N–H and O–H groups in total. The number of para-hydroxylation sites is 1. The Morgan fingerprint density at radius 3 is 2.09 bits per heavy atom. The van der Waals surface area contributed by atoms with Gasteiger partial charge in [-0.1, -0.05) is 50.1 Å². The molecule has 0 bridgehead atoms. The summed E-state index contributed by atoms with van der Waals surface area (Å²) in [5.74, 6) is -1.53. The molecule has 8 nitrogen and oxygen atoms in total. The van der Waals surface area contributed by atoms with E-state index in [0.29, 0.717) is 35.3 Å². The number of fused-ring (bicyclic) bond motifs is 1. The van der Waals surface area contributed by atoms with E-state index in [4.69, 9.17) is 0 Å². The van der Waals surface area contributed by atoms with Gasteiger partial charge in [0, 0.05) is 7.05 Å². The van der Waals surface area contributed by atoms with E-state index in [0.717, 1.165) is 11.3 Å². The molecule has 4 rings (SSSR count). The number of hydrogen-bond acceptors (Lipinski definition) is 4. The zero-order chi connectivity index (χ0) is 23.7. The molecular formula is C25H26N4O4. The molecule has 0 spiro atoms. The number of amides is 3. The van der Waals surface area contributed by atoms with Crippen LogP contribution in [-0.2, 0) is 11.8 Å². The number of hydrogen-bond donors (Lipinski definition) is 1. The van der Waals surface area contributed by atoms with Crippen LogP contribution in [0.3, 0.4) is 0 Å². The Morgan fingerprint density at radius 2 is 1.52 bits per heavy atom. The number of rotatable bonds is 7. The summed E-state index contributed by atoms with van der Waals surface area (Å²) in [6.45, 7) is 3.71. The molecule has 1 aromatic heterocycles. The van der Waals surface area contributed by atoms with Gasteiger partial charge in [0.2, 0.25) is 5.91 Å². The molecule has 1 unspecified atom stereocenters. The second-order valence-corrected chi connectivity index (χ2v) is 8.11. The summed E-state index contributed by atoms with van der Waals surface area (Å²) in [7, 11) is 1.73. The third-order valence-electron chi connectivity index (χ3n) is 6.07. The summed E-state index contributed by atoms with van der Waals surface area (Å²) in [6, 6.07) is 14.6. The van der Waals surface area contributed by atoms with Crippen LogP contribution in [0, 0.1) is 6.92 Å². The van der Waals surface area contributed by atoms with Crippen LogP contribution in [0.1, 0.15) is 52.6 Å². The van der Waals surface area contributed by atoms with Crippen molar-refractivity contribution in [1.82, 2.24) is 14.3 Å². The zero-order valence-electron chi connectivity index (χ0n) is 18.9. The molecule has 8 heteroatoms. The van der Waals surface area contributed by atoms with Gasteiger partial charge in [-0.15, -0.1) is 0 Å². The van der Waals surface area contributed by atoms with E-state index in [1.165, 1.54) is 4.68 Å². The van der Waals surface area contributed by atoms with E-state index in [1.807, 2.05) is 25.1 Å². The van der Waals surface area contributed by atoms with Gasteiger partial charge >= 0.3 is 0 Å². The van der Waals surface area contributed by atoms with Crippen LogP contribution >= 0.6 is 0 Å². The van der Waals surface area contributed by atoms with Crippen LogP contribution in [0.2, 0.25) is 0 Å². The molecule has 0 saturated carbocycles. The molecule has 0 saturated heterocycles. The Kier molecular flexibility index (Phi) is 6.00. The Hall–Kier alpha value is -3.94. The van der Waals surface area contributed by atoms with Gasteiger partial charge in [-0.2, -0.15) is 0 Å². The fraction of sp³-hybridized carbons (Fsp3) is 0.280. The highest BCUT2D eigenvalue weighted by molar-refractivity contribution is 6.23. The number of unbranched alkanes of at least 4 members (excludes halogenated alkanes) is 1. The molecule has 2 aromatic carbocycles. The first-order valence-electron chi connectivity index (χ1n) is 11.0. The first kappa shape index (κ1) is 22.3. The minimum absolute atomic E-state index is 0.129. The summed E-state index contributed by atoms with van der Waals surface area (Å²) in [4.78, 5) is 53.6. The van der Waals surface area contributed by atoms with Gasteiger partial charge < -0.3 is 5.32 Å². The van der Waals surface area contributed by atoms with Crippen molar-refractivity contribution in [2.75, 3.05) is 5.32 Å². The first-order chi connectivity index (χ1) is 15.9. The molecule has 2 heterocycles. The number of carbonyl (C=O) groups is 3. The highest BCUT2D eigenvalue weighted by atomic mass is 16.2. The third-order valence-corrected chi connectivity index (χ3v) is 6.07. The van der Waals surface area contributed by atoms with Crippen molar-refractivity contribution in [3.63, 3.8) is 0 Å². The molecule has 3 amide bonds. The normalized spacial score (nSPS) is 13.8. The van der Waals surface area contributed by atoms with Crippen LogP contribution in [-0.4, -0.2) is 38.0 Å². The quantitative estimate of drug-likeness (QED) is 0.564. The second-order valence-electron chi connectivity index (χ2n) is 8.11. The van der Waals surface area contributed by atoms with Gasteiger partial charge in [0.15, 0.2) is 0 Å². The first-order valence-corrected chi connectivity index (χ1v) is 11.0. The van der Waals surface area contributed by atoms with E-state index >= 15 is 0 Å². The van der Waals surface area contributed by atoms with Crippen LogP contribution in [0.15, 0.2) is 59.4 Å². The molecule has 170 valence electrons. The highest BCUT2D eigenvalue weighted by Gasteiger charge is 2.42. The topological polar surface area (TPSA) is 93.4 Å². The van der Waals surface area contributed by atoms with E-state index in [-0.39, 0.29) is 11.2 Å². The maximum Gasteiger partial charge on any atom is 0.295 e. The highest BCUT2D eigenvalue weighted by Crippen LogP contribution is 2.27. The molecule has 0 radical (unpaired) electrons. The molecule has 1 atom stereocenters. The van der Waals surface area contributed by atoms with E-state index < -0.39 is 23.8 Å². The Morgan fingerprint density at radius 1 is 0.939 bits per heavy atom. The number of aromatic nitrogens is 2. The predicted octanol–water partition coefficient (Wildman–Crippen LogP) is 3.28. The average molecular weight is 447 g/mol. The van der Waals surface area contributed by atoms with Crippen molar-refractivity contribution in [3.05, 3.63) is 81.8 Å². The second kappa shape index (κ2) is 8.90. The standard InChI is InChI=1S/C25H26N4O4/c1-4-5-15-20(28-23(31)18-13-9-10-14-19(18)24(28)32)22(30)26-21-16(2)27(3)29(25(21)33)17-11-7-6-8-12-17/h6-14,20H,4-5,15H2,1-3H3,(H,26,30). The molecule has 1 aliphatic heterocycles. The Bertz CT molecular complexity index is 1250. The number of imide groups is 1. The molecule has 0 aliphatic carbocycles. The van der Waals surface area contributed by atoms with Crippen LogP contribution < -0.4 is 10.9 Å². The van der Waals surface area contributed by atoms with Crippen molar-refractivity contribution in [2.45, 2.75) is 39.2 Å². The summed E-state index contributed by atoms with van der Waals surface area (Å²) in [5.41, 5.74) is 1.55. The summed E-state index contributed by atoms with van der Waals surface area (Å²) >= 11 is 0.